The molecule has 1 amide bonds. The highest BCUT2D eigenvalue weighted by Crippen LogP contribution is 2.24. The van der Waals surface area contributed by atoms with Crippen molar-refractivity contribution in [3.63, 3.8) is 0 Å². The summed E-state index contributed by atoms with van der Waals surface area (Å²) in [5, 5.41) is 5.36. The fourth-order valence-electron chi connectivity index (χ4n) is 2.95. The number of hydrogen-bond acceptors (Lipinski definition) is 8. The normalized spacial score (nSPS) is 18.0. The molecule has 0 bridgehead atoms. The van der Waals surface area contributed by atoms with E-state index in [4.69, 9.17) is 9.47 Å². The molecular formula is C17H21N5O3S. The summed E-state index contributed by atoms with van der Waals surface area (Å²) in [7, 11) is 0. The van der Waals surface area contributed by atoms with Crippen molar-refractivity contribution in [1.82, 2.24) is 9.97 Å². The maximum Gasteiger partial charge on any atom is 0.276 e. The fraction of sp³-hybridized carbons (Fsp3) is 0.471. The van der Waals surface area contributed by atoms with Crippen LogP contribution in [0.2, 0.25) is 0 Å². The first-order chi connectivity index (χ1) is 12.8. The summed E-state index contributed by atoms with van der Waals surface area (Å²) in [6.07, 6.45) is 1.74. The molecule has 0 radical (unpaired) electrons. The highest BCUT2D eigenvalue weighted by atomic mass is 32.1. The molecule has 2 fully saturated rings. The zero-order valence-electron chi connectivity index (χ0n) is 14.4. The first-order valence-electron chi connectivity index (χ1n) is 8.68. The molecule has 0 saturated carbocycles. The topological polar surface area (TPSA) is 79.8 Å². The Morgan fingerprint density at radius 3 is 2.38 bits per heavy atom. The molecule has 2 saturated heterocycles. The van der Waals surface area contributed by atoms with E-state index >= 15 is 0 Å². The molecule has 0 unspecified atom stereocenters. The van der Waals surface area contributed by atoms with Crippen LogP contribution in [0.5, 0.6) is 0 Å². The van der Waals surface area contributed by atoms with Crippen LogP contribution in [0, 0.1) is 0 Å². The van der Waals surface area contributed by atoms with Crippen LogP contribution in [0.25, 0.3) is 0 Å². The SMILES string of the molecule is O=C(Nc1nc(N2CCOCC2)cs1)c1ccc(N2CCOCC2)cn1. The van der Waals surface area contributed by atoms with Crippen molar-refractivity contribution in [2.24, 2.45) is 0 Å². The molecule has 4 heterocycles. The van der Waals surface area contributed by atoms with Crippen LogP contribution < -0.4 is 15.1 Å². The van der Waals surface area contributed by atoms with E-state index in [1.807, 2.05) is 11.4 Å². The van der Waals surface area contributed by atoms with Crippen molar-refractivity contribution >= 4 is 33.9 Å². The summed E-state index contributed by atoms with van der Waals surface area (Å²) in [5.41, 5.74) is 1.39. The number of nitrogens with one attached hydrogen (secondary N) is 1. The van der Waals surface area contributed by atoms with Gasteiger partial charge in [-0.15, -0.1) is 11.3 Å². The third kappa shape index (κ3) is 3.95. The Bertz CT molecular complexity index is 739. The number of aromatic nitrogens is 2. The lowest BCUT2D eigenvalue weighted by atomic mass is 10.3. The molecule has 1 N–H and O–H groups in total. The second-order valence-electron chi connectivity index (χ2n) is 6.07. The van der Waals surface area contributed by atoms with Gasteiger partial charge in [-0.2, -0.15) is 0 Å². The van der Waals surface area contributed by atoms with E-state index in [0.29, 0.717) is 24.0 Å². The van der Waals surface area contributed by atoms with Crippen molar-refractivity contribution in [3.05, 3.63) is 29.4 Å². The molecule has 2 aromatic heterocycles. The monoisotopic (exact) mass is 375 g/mol. The van der Waals surface area contributed by atoms with Gasteiger partial charge in [0.05, 0.1) is 38.3 Å². The Kier molecular flexibility index (Phi) is 5.28. The summed E-state index contributed by atoms with van der Waals surface area (Å²) >= 11 is 1.42. The van der Waals surface area contributed by atoms with Gasteiger partial charge in [0.25, 0.3) is 5.91 Å². The van der Waals surface area contributed by atoms with E-state index in [-0.39, 0.29) is 5.91 Å². The predicted molar refractivity (Wildman–Crippen MR) is 100 cm³/mol. The Morgan fingerprint density at radius 2 is 1.73 bits per heavy atom. The number of hydrogen-bond donors (Lipinski definition) is 1. The summed E-state index contributed by atoms with van der Waals surface area (Å²) in [5.74, 6) is 0.630. The van der Waals surface area contributed by atoms with Gasteiger partial charge in [0, 0.05) is 31.6 Å². The van der Waals surface area contributed by atoms with E-state index in [0.717, 1.165) is 50.9 Å². The minimum atomic E-state index is -0.249. The quantitative estimate of drug-likeness (QED) is 0.867. The van der Waals surface area contributed by atoms with Gasteiger partial charge in [-0.25, -0.2) is 9.97 Å². The lowest BCUT2D eigenvalue weighted by Gasteiger charge is -2.28. The third-order valence-corrected chi connectivity index (χ3v) is 5.15. The average molecular weight is 375 g/mol. The first kappa shape index (κ1) is 17.2. The molecule has 138 valence electrons. The van der Waals surface area contributed by atoms with Crippen molar-refractivity contribution < 1.29 is 14.3 Å². The molecule has 0 spiro atoms. The van der Waals surface area contributed by atoms with Gasteiger partial charge >= 0.3 is 0 Å². The van der Waals surface area contributed by atoms with Crippen molar-refractivity contribution in [3.8, 4) is 0 Å². The standard InChI is InChI=1S/C17H21N5O3S/c23-16(14-2-1-13(11-18-14)21-3-7-24-8-4-21)20-17-19-15(12-26-17)22-5-9-25-10-6-22/h1-2,11-12H,3-10H2,(H,19,20,23). The summed E-state index contributed by atoms with van der Waals surface area (Å²) in [6, 6.07) is 3.67. The summed E-state index contributed by atoms with van der Waals surface area (Å²) in [4.78, 5) is 25.6. The minimum Gasteiger partial charge on any atom is -0.378 e. The molecule has 26 heavy (non-hydrogen) atoms. The first-order valence-corrected chi connectivity index (χ1v) is 9.56. The number of anilines is 3. The number of ether oxygens (including phenoxy) is 2. The number of carbonyl (C=O) groups excluding carboxylic acids is 1. The van der Waals surface area contributed by atoms with Crippen LogP contribution in [0.15, 0.2) is 23.7 Å². The molecule has 0 aromatic carbocycles. The lowest BCUT2D eigenvalue weighted by molar-refractivity contribution is 0.102. The van der Waals surface area contributed by atoms with Gasteiger partial charge < -0.3 is 19.3 Å². The van der Waals surface area contributed by atoms with Gasteiger partial charge in [0.15, 0.2) is 5.13 Å². The molecule has 8 nitrogen and oxygen atoms in total. The highest BCUT2D eigenvalue weighted by molar-refractivity contribution is 7.14. The summed E-state index contributed by atoms with van der Waals surface area (Å²) < 4.78 is 10.7. The second kappa shape index (κ2) is 7.98. The average Bonchev–Trinajstić information content (AvgIpc) is 3.18. The van der Waals surface area contributed by atoms with E-state index < -0.39 is 0 Å². The highest BCUT2D eigenvalue weighted by Gasteiger charge is 2.17. The zero-order chi connectivity index (χ0) is 17.8. The number of amides is 1. The lowest BCUT2D eigenvalue weighted by Crippen LogP contribution is -2.36. The van der Waals surface area contributed by atoms with Gasteiger partial charge in [-0.3, -0.25) is 10.1 Å². The smallest absolute Gasteiger partial charge is 0.276 e. The van der Waals surface area contributed by atoms with E-state index in [1.54, 1.807) is 12.3 Å². The Balaban J connectivity index is 1.37. The molecule has 4 rings (SSSR count). The van der Waals surface area contributed by atoms with Crippen LogP contribution in [-0.4, -0.2) is 68.5 Å². The van der Waals surface area contributed by atoms with Gasteiger partial charge in [-0.05, 0) is 12.1 Å². The number of morpholine rings is 2. The Morgan fingerprint density at radius 1 is 1.04 bits per heavy atom. The number of rotatable bonds is 4. The van der Waals surface area contributed by atoms with Crippen LogP contribution in [0.1, 0.15) is 10.5 Å². The molecule has 0 atom stereocenters. The van der Waals surface area contributed by atoms with Crippen LogP contribution in [-0.2, 0) is 9.47 Å². The minimum absolute atomic E-state index is 0.249. The number of pyridine rings is 1. The maximum atomic E-state index is 12.4. The van der Waals surface area contributed by atoms with Gasteiger partial charge in [0.1, 0.15) is 11.5 Å². The number of carbonyl (C=O) groups is 1. The van der Waals surface area contributed by atoms with Crippen LogP contribution in [0.3, 0.4) is 0 Å². The van der Waals surface area contributed by atoms with E-state index in [2.05, 4.69) is 25.1 Å². The van der Waals surface area contributed by atoms with Gasteiger partial charge in [0.2, 0.25) is 0 Å². The third-order valence-electron chi connectivity index (χ3n) is 4.40. The Labute approximate surface area is 155 Å². The Hall–Kier alpha value is -2.23. The van der Waals surface area contributed by atoms with Crippen molar-refractivity contribution in [2.45, 2.75) is 0 Å². The molecular weight excluding hydrogens is 354 g/mol. The van der Waals surface area contributed by atoms with Gasteiger partial charge in [-0.1, -0.05) is 0 Å². The molecule has 2 aromatic rings. The summed E-state index contributed by atoms with van der Waals surface area (Å²) in [6.45, 7) is 6.18. The number of nitrogens with zero attached hydrogens (tertiary/aromatic N) is 4. The molecule has 0 aliphatic carbocycles. The van der Waals surface area contributed by atoms with Crippen molar-refractivity contribution in [1.29, 1.82) is 0 Å². The predicted octanol–water partition coefficient (Wildman–Crippen LogP) is 1.46. The number of thiazole rings is 1. The molecule has 2 aliphatic rings. The van der Waals surface area contributed by atoms with E-state index in [1.165, 1.54) is 11.3 Å². The fourth-order valence-corrected chi connectivity index (χ4v) is 3.67. The van der Waals surface area contributed by atoms with Crippen molar-refractivity contribution in [2.75, 3.05) is 67.7 Å². The molecule has 9 heteroatoms. The van der Waals surface area contributed by atoms with Crippen LogP contribution >= 0.6 is 11.3 Å². The van der Waals surface area contributed by atoms with Crippen LogP contribution in [0.4, 0.5) is 16.6 Å². The maximum absolute atomic E-state index is 12.4. The zero-order valence-corrected chi connectivity index (χ0v) is 15.2. The largest absolute Gasteiger partial charge is 0.378 e. The second-order valence-corrected chi connectivity index (χ2v) is 6.92. The van der Waals surface area contributed by atoms with E-state index in [9.17, 15) is 4.79 Å². The molecule has 2 aliphatic heterocycles.